The lowest BCUT2D eigenvalue weighted by Gasteiger charge is -2.20. The molecular weight excluding hydrogens is 360 g/mol. The van der Waals surface area contributed by atoms with E-state index in [-0.39, 0.29) is 6.42 Å². The number of nitrogens with one attached hydrogen (secondary N) is 2. The first-order chi connectivity index (χ1) is 13.4. The van der Waals surface area contributed by atoms with Gasteiger partial charge in [-0.1, -0.05) is 42.5 Å². The van der Waals surface area contributed by atoms with Gasteiger partial charge in [-0.25, -0.2) is 0 Å². The number of aldehydes is 1. The number of carboxylic acids is 2. The van der Waals surface area contributed by atoms with E-state index < -0.39 is 30.1 Å². The van der Waals surface area contributed by atoms with Crippen LogP contribution in [-0.4, -0.2) is 46.6 Å². The number of carbonyl (C=O) groups is 3. The number of rotatable bonds is 11. The first kappa shape index (κ1) is 21.1. The van der Waals surface area contributed by atoms with Crippen LogP contribution in [-0.2, 0) is 27.2 Å². The lowest BCUT2D eigenvalue weighted by Crippen LogP contribution is -2.46. The van der Waals surface area contributed by atoms with Crippen LogP contribution in [0.3, 0.4) is 0 Å². The molecule has 0 heterocycles. The highest BCUT2D eigenvalue weighted by molar-refractivity contribution is 5.76. The van der Waals surface area contributed by atoms with Crippen LogP contribution in [0.25, 0.3) is 0 Å². The molecule has 0 spiro atoms. The molecule has 7 nitrogen and oxygen atoms in total. The van der Waals surface area contributed by atoms with E-state index in [9.17, 15) is 19.5 Å². The molecular formula is C21H24N2O5. The summed E-state index contributed by atoms with van der Waals surface area (Å²) in [5.74, 6) is -1.97. The lowest BCUT2D eigenvalue weighted by molar-refractivity contribution is -0.140. The van der Waals surface area contributed by atoms with Crippen LogP contribution < -0.4 is 10.6 Å². The minimum Gasteiger partial charge on any atom is -0.480 e. The van der Waals surface area contributed by atoms with Crippen molar-refractivity contribution < 1.29 is 24.6 Å². The molecule has 0 aliphatic heterocycles. The molecule has 0 amide bonds. The number of aliphatic carboxylic acids is 2. The Morgan fingerprint density at radius 3 is 2.07 bits per heavy atom. The van der Waals surface area contributed by atoms with E-state index in [1.807, 2.05) is 30.3 Å². The predicted octanol–water partition coefficient (Wildman–Crippen LogP) is 1.97. The van der Waals surface area contributed by atoms with Crippen molar-refractivity contribution in [2.24, 2.45) is 0 Å². The summed E-state index contributed by atoms with van der Waals surface area (Å²) in [6.07, 6.45) is 1.31. The van der Waals surface area contributed by atoms with E-state index in [2.05, 4.69) is 10.6 Å². The van der Waals surface area contributed by atoms with Crippen molar-refractivity contribution >= 4 is 23.9 Å². The standard InChI is InChI=1S/C21H24N2O5/c1-14(20(25)26)22-17-9-7-16(8-10-17)11-18(13-24)23-19(21(27)28)12-15-5-3-2-4-6-15/h2-10,13-14,18-19,22-23H,11-12H2,1H3,(H,25,26)(H,27,28)/t14-,18-,19?/m0/s1. The van der Waals surface area contributed by atoms with Crippen molar-refractivity contribution in [3.8, 4) is 0 Å². The van der Waals surface area contributed by atoms with Gasteiger partial charge in [0.1, 0.15) is 18.4 Å². The second-order valence-corrected chi connectivity index (χ2v) is 6.60. The number of hydrogen-bond acceptors (Lipinski definition) is 5. The van der Waals surface area contributed by atoms with E-state index in [1.54, 1.807) is 31.2 Å². The van der Waals surface area contributed by atoms with E-state index >= 15 is 0 Å². The highest BCUT2D eigenvalue weighted by Gasteiger charge is 2.22. The van der Waals surface area contributed by atoms with Crippen LogP contribution in [0.2, 0.25) is 0 Å². The Kier molecular flexibility index (Phi) is 7.71. The van der Waals surface area contributed by atoms with Gasteiger partial charge in [-0.2, -0.15) is 0 Å². The molecule has 2 aromatic rings. The molecule has 0 saturated heterocycles. The van der Waals surface area contributed by atoms with E-state index in [0.717, 1.165) is 11.1 Å². The van der Waals surface area contributed by atoms with Crippen molar-refractivity contribution in [2.75, 3.05) is 5.32 Å². The topological polar surface area (TPSA) is 116 Å². The molecule has 28 heavy (non-hydrogen) atoms. The van der Waals surface area contributed by atoms with Gasteiger partial charge in [-0.3, -0.25) is 14.9 Å². The number of carboxylic acid groups (broad SMARTS) is 2. The molecule has 0 fully saturated rings. The maximum Gasteiger partial charge on any atom is 0.325 e. The fourth-order valence-corrected chi connectivity index (χ4v) is 2.77. The van der Waals surface area contributed by atoms with Crippen LogP contribution in [0, 0.1) is 0 Å². The average molecular weight is 384 g/mol. The zero-order valence-corrected chi connectivity index (χ0v) is 15.5. The highest BCUT2D eigenvalue weighted by atomic mass is 16.4. The molecule has 0 saturated carbocycles. The van der Waals surface area contributed by atoms with Crippen LogP contribution >= 0.6 is 0 Å². The summed E-state index contributed by atoms with van der Waals surface area (Å²) >= 11 is 0. The van der Waals surface area contributed by atoms with Crippen molar-refractivity contribution in [2.45, 2.75) is 37.9 Å². The largest absolute Gasteiger partial charge is 0.480 e. The Balaban J connectivity index is 1.99. The van der Waals surface area contributed by atoms with Crippen molar-refractivity contribution in [1.82, 2.24) is 5.32 Å². The Morgan fingerprint density at radius 2 is 1.54 bits per heavy atom. The van der Waals surface area contributed by atoms with Gasteiger partial charge in [-0.05, 0) is 43.0 Å². The number of carbonyl (C=O) groups excluding carboxylic acids is 1. The van der Waals surface area contributed by atoms with Gasteiger partial charge in [0.25, 0.3) is 0 Å². The molecule has 2 rings (SSSR count). The zero-order valence-electron chi connectivity index (χ0n) is 15.5. The Hall–Kier alpha value is -3.19. The van der Waals surface area contributed by atoms with Crippen molar-refractivity contribution in [3.05, 3.63) is 65.7 Å². The minimum absolute atomic E-state index is 0.274. The van der Waals surface area contributed by atoms with Gasteiger partial charge >= 0.3 is 11.9 Å². The zero-order chi connectivity index (χ0) is 20.5. The van der Waals surface area contributed by atoms with E-state index in [1.165, 1.54) is 0 Å². The summed E-state index contributed by atoms with van der Waals surface area (Å²) in [4.78, 5) is 33.9. The molecule has 1 unspecified atom stereocenters. The smallest absolute Gasteiger partial charge is 0.325 e. The third-order valence-electron chi connectivity index (χ3n) is 4.32. The third-order valence-corrected chi connectivity index (χ3v) is 4.32. The fourth-order valence-electron chi connectivity index (χ4n) is 2.77. The van der Waals surface area contributed by atoms with Gasteiger partial charge in [0.05, 0.1) is 6.04 Å². The highest BCUT2D eigenvalue weighted by Crippen LogP contribution is 2.13. The molecule has 0 aromatic heterocycles. The first-order valence-corrected chi connectivity index (χ1v) is 8.95. The normalized spacial score (nSPS) is 13.9. The van der Waals surface area contributed by atoms with Gasteiger partial charge in [0.15, 0.2) is 0 Å². The molecule has 0 radical (unpaired) electrons. The van der Waals surface area contributed by atoms with Crippen LogP contribution in [0.5, 0.6) is 0 Å². The van der Waals surface area contributed by atoms with E-state index in [4.69, 9.17) is 5.11 Å². The fraction of sp³-hybridized carbons (Fsp3) is 0.286. The second kappa shape index (κ2) is 10.2. The minimum atomic E-state index is -1.02. The Labute approximate surface area is 163 Å². The van der Waals surface area contributed by atoms with Gasteiger partial charge in [0.2, 0.25) is 0 Å². The molecule has 0 aliphatic rings. The Bertz CT molecular complexity index is 792. The van der Waals surface area contributed by atoms with Gasteiger partial charge in [-0.15, -0.1) is 0 Å². The first-order valence-electron chi connectivity index (χ1n) is 8.95. The van der Waals surface area contributed by atoms with Gasteiger partial charge < -0.3 is 20.3 Å². The average Bonchev–Trinajstić information content (AvgIpc) is 2.68. The predicted molar refractivity (Wildman–Crippen MR) is 105 cm³/mol. The quantitative estimate of drug-likeness (QED) is 0.438. The third kappa shape index (κ3) is 6.51. The molecule has 0 aliphatic carbocycles. The van der Waals surface area contributed by atoms with Crippen molar-refractivity contribution in [1.29, 1.82) is 0 Å². The SMILES string of the molecule is C[C@H](Nc1ccc(C[C@@H](C=O)NC(Cc2ccccc2)C(=O)O)cc1)C(=O)O. The second-order valence-electron chi connectivity index (χ2n) is 6.60. The maximum atomic E-state index is 11.6. The van der Waals surface area contributed by atoms with Crippen LogP contribution in [0.1, 0.15) is 18.1 Å². The number of hydrogen-bond donors (Lipinski definition) is 4. The summed E-state index contributed by atoms with van der Waals surface area (Å²) in [5.41, 5.74) is 2.36. The van der Waals surface area contributed by atoms with Crippen LogP contribution in [0.4, 0.5) is 5.69 Å². The molecule has 148 valence electrons. The lowest BCUT2D eigenvalue weighted by atomic mass is 10.0. The maximum absolute atomic E-state index is 11.6. The summed E-state index contributed by atoms with van der Waals surface area (Å²) in [6, 6.07) is 14.0. The van der Waals surface area contributed by atoms with E-state index in [0.29, 0.717) is 18.4 Å². The van der Waals surface area contributed by atoms with Crippen LogP contribution in [0.15, 0.2) is 54.6 Å². The molecule has 7 heteroatoms. The summed E-state index contributed by atoms with van der Waals surface area (Å²) < 4.78 is 0. The summed E-state index contributed by atoms with van der Waals surface area (Å²) in [6.45, 7) is 1.54. The summed E-state index contributed by atoms with van der Waals surface area (Å²) in [5, 5.41) is 24.1. The molecule has 2 aromatic carbocycles. The van der Waals surface area contributed by atoms with Crippen molar-refractivity contribution in [3.63, 3.8) is 0 Å². The van der Waals surface area contributed by atoms with Gasteiger partial charge in [0, 0.05) is 5.69 Å². The molecule has 3 atom stereocenters. The summed E-state index contributed by atoms with van der Waals surface area (Å²) in [7, 11) is 0. The molecule has 0 bridgehead atoms. The monoisotopic (exact) mass is 384 g/mol. The Morgan fingerprint density at radius 1 is 0.929 bits per heavy atom. The number of anilines is 1. The number of benzene rings is 2. The molecule has 4 N–H and O–H groups in total.